The van der Waals surface area contributed by atoms with Gasteiger partial charge in [-0.15, -0.1) is 0 Å². The summed E-state index contributed by atoms with van der Waals surface area (Å²) in [5, 5.41) is 2.89. The van der Waals surface area contributed by atoms with E-state index in [0.717, 1.165) is 21.7 Å². The van der Waals surface area contributed by atoms with Gasteiger partial charge in [0, 0.05) is 11.3 Å². The minimum Gasteiger partial charge on any atom is -0.324 e. The van der Waals surface area contributed by atoms with E-state index in [-0.39, 0.29) is 0 Å². The highest BCUT2D eigenvalue weighted by atomic mass is 32.2. The van der Waals surface area contributed by atoms with Crippen LogP contribution in [0.3, 0.4) is 0 Å². The van der Waals surface area contributed by atoms with Crippen molar-refractivity contribution in [3.63, 3.8) is 0 Å². The van der Waals surface area contributed by atoms with Crippen molar-refractivity contribution in [1.82, 2.24) is 0 Å². The van der Waals surface area contributed by atoms with Gasteiger partial charge < -0.3 is 5.32 Å². The van der Waals surface area contributed by atoms with Gasteiger partial charge in [-0.05, 0) is 30.7 Å². The topological polar surface area (TPSA) is 66.5 Å². The Kier molecular flexibility index (Phi) is 5.80. The molecular weight excluding hydrogens is 372 g/mol. The number of hydrogen-bond acceptors (Lipinski definition) is 3. The van der Waals surface area contributed by atoms with E-state index in [9.17, 15) is 13.2 Å². The first-order valence-electron chi connectivity index (χ1n) is 8.87. The van der Waals surface area contributed by atoms with Crippen molar-refractivity contribution in [2.24, 2.45) is 0 Å². The Bertz CT molecular complexity index is 1050. The number of hydrogen-bond donors (Lipinski definition) is 1. The molecule has 0 unspecified atom stereocenters. The van der Waals surface area contributed by atoms with Crippen molar-refractivity contribution in [3.05, 3.63) is 84.9 Å². The first-order valence-corrected chi connectivity index (χ1v) is 10.7. The average molecular weight is 394 g/mol. The lowest BCUT2D eigenvalue weighted by Gasteiger charge is -2.28. The maximum absolute atomic E-state index is 12.9. The standard InChI is InChI=1S/C22H22N2O3S/c1-17(24(28(2,26)27)19-13-7-4-8-14-19)22(25)23-21-16-10-9-15-20(21)18-11-5-3-6-12-18/h3-17H,1-2H3,(H,23,25)/t17-/m1/s1. The molecule has 0 radical (unpaired) electrons. The lowest BCUT2D eigenvalue weighted by atomic mass is 10.0. The molecule has 6 heteroatoms. The summed E-state index contributed by atoms with van der Waals surface area (Å²) in [6.07, 6.45) is 1.10. The largest absolute Gasteiger partial charge is 0.324 e. The zero-order valence-corrected chi connectivity index (χ0v) is 16.6. The fraction of sp³-hybridized carbons (Fsp3) is 0.136. The van der Waals surface area contributed by atoms with Crippen LogP contribution in [0.5, 0.6) is 0 Å². The van der Waals surface area contributed by atoms with Gasteiger partial charge >= 0.3 is 0 Å². The highest BCUT2D eigenvalue weighted by molar-refractivity contribution is 7.92. The van der Waals surface area contributed by atoms with Gasteiger partial charge in [0.1, 0.15) is 6.04 Å². The molecule has 0 saturated carbocycles. The Labute approximate surface area is 165 Å². The molecule has 1 atom stereocenters. The Morgan fingerprint density at radius 3 is 2.00 bits per heavy atom. The second-order valence-electron chi connectivity index (χ2n) is 6.47. The van der Waals surface area contributed by atoms with Crippen LogP contribution in [0.2, 0.25) is 0 Å². The Balaban J connectivity index is 1.91. The number of para-hydroxylation sites is 2. The van der Waals surface area contributed by atoms with E-state index in [2.05, 4.69) is 5.32 Å². The van der Waals surface area contributed by atoms with E-state index < -0.39 is 22.0 Å². The summed E-state index contributed by atoms with van der Waals surface area (Å²) in [7, 11) is -3.64. The van der Waals surface area contributed by atoms with Gasteiger partial charge in [-0.1, -0.05) is 66.7 Å². The van der Waals surface area contributed by atoms with Crippen molar-refractivity contribution >= 4 is 27.3 Å². The van der Waals surface area contributed by atoms with E-state index in [1.165, 1.54) is 0 Å². The second kappa shape index (κ2) is 8.27. The van der Waals surface area contributed by atoms with Crippen molar-refractivity contribution in [1.29, 1.82) is 0 Å². The van der Waals surface area contributed by atoms with Gasteiger partial charge in [0.15, 0.2) is 0 Å². The Morgan fingerprint density at radius 2 is 1.39 bits per heavy atom. The van der Waals surface area contributed by atoms with E-state index in [1.54, 1.807) is 43.3 Å². The lowest BCUT2D eigenvalue weighted by Crippen LogP contribution is -2.45. The Hall–Kier alpha value is -3.12. The number of sulfonamides is 1. The van der Waals surface area contributed by atoms with Crippen LogP contribution >= 0.6 is 0 Å². The predicted molar refractivity (Wildman–Crippen MR) is 114 cm³/mol. The summed E-state index contributed by atoms with van der Waals surface area (Å²) in [5.74, 6) is -0.405. The average Bonchev–Trinajstić information content (AvgIpc) is 2.69. The minimum atomic E-state index is -3.64. The molecular formula is C22H22N2O3S. The molecule has 1 N–H and O–H groups in total. The third-order valence-corrected chi connectivity index (χ3v) is 5.61. The zero-order valence-electron chi connectivity index (χ0n) is 15.7. The molecule has 3 aromatic rings. The third kappa shape index (κ3) is 4.40. The molecule has 144 valence electrons. The second-order valence-corrected chi connectivity index (χ2v) is 8.33. The minimum absolute atomic E-state index is 0.405. The van der Waals surface area contributed by atoms with E-state index >= 15 is 0 Å². The number of amides is 1. The number of carbonyl (C=O) groups is 1. The summed E-state index contributed by atoms with van der Waals surface area (Å²) in [6, 6.07) is 24.9. The van der Waals surface area contributed by atoms with Crippen LogP contribution in [0, 0.1) is 0 Å². The number of benzene rings is 3. The number of rotatable bonds is 6. The monoisotopic (exact) mass is 394 g/mol. The molecule has 0 saturated heterocycles. The van der Waals surface area contributed by atoms with Crippen LogP contribution in [0.4, 0.5) is 11.4 Å². The number of anilines is 2. The zero-order chi connectivity index (χ0) is 20.1. The summed E-state index contributed by atoms with van der Waals surface area (Å²) in [4.78, 5) is 12.9. The molecule has 0 aliphatic rings. The molecule has 0 aliphatic heterocycles. The van der Waals surface area contributed by atoms with Crippen LogP contribution in [0.25, 0.3) is 11.1 Å². The quantitative estimate of drug-likeness (QED) is 0.683. The van der Waals surface area contributed by atoms with Crippen molar-refractivity contribution < 1.29 is 13.2 Å². The normalized spacial score (nSPS) is 12.2. The first-order chi connectivity index (χ1) is 13.4. The number of nitrogens with one attached hydrogen (secondary N) is 1. The van der Waals surface area contributed by atoms with Gasteiger partial charge in [0.05, 0.1) is 11.9 Å². The van der Waals surface area contributed by atoms with Crippen molar-refractivity contribution in [3.8, 4) is 11.1 Å². The summed E-state index contributed by atoms with van der Waals surface area (Å²) in [6.45, 7) is 1.58. The molecule has 0 spiro atoms. The highest BCUT2D eigenvalue weighted by Gasteiger charge is 2.29. The summed E-state index contributed by atoms with van der Waals surface area (Å²) < 4.78 is 25.9. The SMILES string of the molecule is C[C@H](C(=O)Nc1ccccc1-c1ccccc1)N(c1ccccc1)S(C)(=O)=O. The molecule has 0 bridgehead atoms. The van der Waals surface area contributed by atoms with Crippen LogP contribution in [-0.2, 0) is 14.8 Å². The molecule has 28 heavy (non-hydrogen) atoms. The third-order valence-electron chi connectivity index (χ3n) is 4.37. The van der Waals surface area contributed by atoms with Crippen LogP contribution in [-0.4, -0.2) is 26.6 Å². The molecule has 3 aromatic carbocycles. The smallest absolute Gasteiger partial charge is 0.248 e. The first kappa shape index (κ1) is 19.6. The van der Waals surface area contributed by atoms with Crippen LogP contribution in [0.15, 0.2) is 84.9 Å². The Morgan fingerprint density at radius 1 is 0.857 bits per heavy atom. The van der Waals surface area contributed by atoms with Gasteiger partial charge in [0.2, 0.25) is 15.9 Å². The maximum Gasteiger partial charge on any atom is 0.248 e. The van der Waals surface area contributed by atoms with Gasteiger partial charge in [0.25, 0.3) is 0 Å². The maximum atomic E-state index is 12.9. The van der Waals surface area contributed by atoms with Gasteiger partial charge in [-0.3, -0.25) is 9.10 Å². The van der Waals surface area contributed by atoms with E-state index in [1.807, 2.05) is 48.5 Å². The molecule has 0 aromatic heterocycles. The van der Waals surface area contributed by atoms with Crippen molar-refractivity contribution in [2.75, 3.05) is 15.9 Å². The van der Waals surface area contributed by atoms with Gasteiger partial charge in [-0.2, -0.15) is 0 Å². The molecule has 0 aliphatic carbocycles. The molecule has 3 rings (SSSR count). The molecule has 0 fully saturated rings. The van der Waals surface area contributed by atoms with Crippen LogP contribution < -0.4 is 9.62 Å². The molecule has 1 amide bonds. The summed E-state index contributed by atoms with van der Waals surface area (Å²) in [5.41, 5.74) is 2.92. The summed E-state index contributed by atoms with van der Waals surface area (Å²) >= 11 is 0. The number of carbonyl (C=O) groups excluding carboxylic acids is 1. The lowest BCUT2D eigenvalue weighted by molar-refractivity contribution is -0.116. The van der Waals surface area contributed by atoms with E-state index in [0.29, 0.717) is 11.4 Å². The number of nitrogens with zero attached hydrogens (tertiary/aromatic N) is 1. The van der Waals surface area contributed by atoms with Crippen LogP contribution in [0.1, 0.15) is 6.92 Å². The molecule has 0 heterocycles. The van der Waals surface area contributed by atoms with Crippen molar-refractivity contribution in [2.45, 2.75) is 13.0 Å². The fourth-order valence-corrected chi connectivity index (χ4v) is 4.26. The van der Waals surface area contributed by atoms with Gasteiger partial charge in [-0.25, -0.2) is 8.42 Å². The fourth-order valence-electron chi connectivity index (χ4n) is 3.08. The van der Waals surface area contributed by atoms with E-state index in [4.69, 9.17) is 0 Å². The predicted octanol–water partition coefficient (Wildman–Crippen LogP) is 4.15. The highest BCUT2D eigenvalue weighted by Crippen LogP contribution is 2.28. The molecule has 5 nitrogen and oxygen atoms in total.